The van der Waals surface area contributed by atoms with Crippen LogP contribution in [0.5, 0.6) is 0 Å². The molecule has 3 N–H and O–H groups in total. The molecule has 15 heteroatoms. The van der Waals surface area contributed by atoms with Crippen molar-refractivity contribution in [2.24, 2.45) is 0 Å². The molecule has 0 radical (unpaired) electrons. The highest BCUT2D eigenvalue weighted by Gasteiger charge is 2.41. The largest absolute Gasteiger partial charge is 0.378 e. The van der Waals surface area contributed by atoms with Crippen LogP contribution in [0, 0.1) is 11.6 Å². The second-order valence-corrected chi connectivity index (χ2v) is 18.5. The van der Waals surface area contributed by atoms with Crippen molar-refractivity contribution in [1.29, 1.82) is 0 Å². The average Bonchev–Trinajstić information content (AvgIpc) is 3.60. The van der Waals surface area contributed by atoms with Gasteiger partial charge in [0.05, 0.1) is 63.6 Å². The standard InChI is InChI=1S/C53H66F2N8O5/c1-38-34-62(36-50(64)63-37-53(2,3)51-49(63)31-41(32-59-51)28-39-8-12-44(54)13-9-39)47(33-58-38)35-61(4)21-23-67-25-27-68-26-24-66-22-20-57-48(30-40-6-5-7-45(55)29-40)52(65)60-46-14-10-42(11-15-46)43-16-18-56-19-17-43/h5-19,29,31-32,38,47-48,57-58H,20-28,30,33-37H2,1-4H3,(H,60,65)/t38-,47-,48-/m1/s1. The highest BCUT2D eigenvalue weighted by atomic mass is 19.1. The zero-order chi connectivity index (χ0) is 47.9. The summed E-state index contributed by atoms with van der Waals surface area (Å²) in [5, 5.41) is 9.87. The molecule has 1 saturated heterocycles. The maximum Gasteiger partial charge on any atom is 0.241 e. The Hall–Kier alpha value is -5.52. The molecule has 68 heavy (non-hydrogen) atoms. The Morgan fingerprint density at radius 1 is 0.853 bits per heavy atom. The number of aromatic nitrogens is 2. The molecule has 3 aromatic carbocycles. The predicted molar refractivity (Wildman–Crippen MR) is 262 cm³/mol. The van der Waals surface area contributed by atoms with Crippen molar-refractivity contribution in [1.82, 2.24) is 30.4 Å². The van der Waals surface area contributed by atoms with Crippen LogP contribution in [-0.4, -0.2) is 142 Å². The summed E-state index contributed by atoms with van der Waals surface area (Å²) >= 11 is 0. The lowest BCUT2D eigenvalue weighted by molar-refractivity contribution is -0.121. The van der Waals surface area contributed by atoms with E-state index in [9.17, 15) is 18.4 Å². The second kappa shape index (κ2) is 24.7. The number of hydrogen-bond acceptors (Lipinski definition) is 11. The van der Waals surface area contributed by atoms with Gasteiger partial charge in [-0.25, -0.2) is 8.78 Å². The molecule has 0 unspecified atom stereocenters. The molecule has 3 atom stereocenters. The SMILES string of the molecule is C[C@@H]1CN(CC(=O)N2CC(C)(C)c3ncc(Cc4ccc(F)cc4)cc32)[C@@H](CN(C)CCOCCOCCOCCN[C@H](Cc2cccc(F)c2)C(=O)Nc2ccc(-c3ccncc3)cc2)CN1. The normalized spacial score (nSPS) is 17.3. The fourth-order valence-electron chi connectivity index (χ4n) is 8.79. The second-order valence-electron chi connectivity index (χ2n) is 18.5. The number of nitrogens with one attached hydrogen (secondary N) is 3. The van der Waals surface area contributed by atoms with Crippen LogP contribution in [0.15, 0.2) is 110 Å². The number of pyridine rings is 2. The highest BCUT2D eigenvalue weighted by Crippen LogP contribution is 2.40. The molecule has 0 spiro atoms. The zero-order valence-corrected chi connectivity index (χ0v) is 39.8. The van der Waals surface area contributed by atoms with Gasteiger partial charge in [-0.3, -0.25) is 24.5 Å². The first kappa shape index (κ1) is 50.4. The van der Waals surface area contributed by atoms with E-state index in [0.29, 0.717) is 83.4 Å². The lowest BCUT2D eigenvalue weighted by atomic mass is 9.91. The van der Waals surface area contributed by atoms with Gasteiger partial charge in [-0.05, 0) is 109 Å². The third-order valence-corrected chi connectivity index (χ3v) is 12.4. The lowest BCUT2D eigenvalue weighted by Gasteiger charge is -2.41. The molecule has 362 valence electrons. The maximum absolute atomic E-state index is 14.1. The molecule has 7 rings (SSSR count). The number of hydrogen-bond donors (Lipinski definition) is 3. The number of fused-ring (bicyclic) bond motifs is 1. The molecule has 0 aliphatic carbocycles. The van der Waals surface area contributed by atoms with Crippen LogP contribution in [0.25, 0.3) is 11.1 Å². The molecule has 2 aliphatic heterocycles. The van der Waals surface area contributed by atoms with Crippen LogP contribution >= 0.6 is 0 Å². The smallest absolute Gasteiger partial charge is 0.241 e. The number of anilines is 2. The summed E-state index contributed by atoms with van der Waals surface area (Å²) in [5.74, 6) is -0.769. The first-order chi connectivity index (χ1) is 32.9. The summed E-state index contributed by atoms with van der Waals surface area (Å²) in [4.78, 5) is 42.9. The average molecular weight is 933 g/mol. The van der Waals surface area contributed by atoms with Crippen LogP contribution in [0.1, 0.15) is 43.2 Å². The van der Waals surface area contributed by atoms with Gasteiger partial charge in [0.15, 0.2) is 0 Å². The fraction of sp³-hybridized carbons (Fsp3) is 0.434. The fourth-order valence-corrected chi connectivity index (χ4v) is 8.79. The molecule has 2 aliphatic rings. The van der Waals surface area contributed by atoms with Gasteiger partial charge in [0.1, 0.15) is 11.6 Å². The van der Waals surface area contributed by atoms with Crippen molar-refractivity contribution < 1.29 is 32.6 Å². The number of carbonyl (C=O) groups is 2. The predicted octanol–water partition coefficient (Wildman–Crippen LogP) is 6.12. The molecular formula is C53H66F2N8O5. The van der Waals surface area contributed by atoms with Crippen molar-refractivity contribution in [3.63, 3.8) is 0 Å². The van der Waals surface area contributed by atoms with E-state index in [-0.39, 0.29) is 40.9 Å². The monoisotopic (exact) mass is 933 g/mol. The first-order valence-electron chi connectivity index (χ1n) is 23.6. The van der Waals surface area contributed by atoms with Crippen LogP contribution in [0.2, 0.25) is 0 Å². The minimum absolute atomic E-state index is 0.0662. The Kier molecular flexibility index (Phi) is 18.3. The minimum atomic E-state index is -0.611. The van der Waals surface area contributed by atoms with Gasteiger partial charge in [-0.2, -0.15) is 0 Å². The molecule has 5 aromatic rings. The van der Waals surface area contributed by atoms with Gasteiger partial charge in [-0.15, -0.1) is 0 Å². The number of amides is 2. The summed E-state index contributed by atoms with van der Waals surface area (Å²) in [6.45, 7) is 13.4. The van der Waals surface area contributed by atoms with Crippen LogP contribution in [0.4, 0.5) is 20.2 Å². The zero-order valence-electron chi connectivity index (χ0n) is 39.8. The Labute approximate surface area is 399 Å². The number of piperazine rings is 1. The number of ether oxygens (including phenoxy) is 3. The molecule has 0 bridgehead atoms. The van der Waals surface area contributed by atoms with Crippen molar-refractivity contribution in [3.05, 3.63) is 144 Å². The van der Waals surface area contributed by atoms with Gasteiger partial charge >= 0.3 is 0 Å². The number of nitrogens with zero attached hydrogens (tertiary/aromatic N) is 5. The third-order valence-electron chi connectivity index (χ3n) is 12.4. The Balaban J connectivity index is 0.777. The molecule has 2 aromatic heterocycles. The van der Waals surface area contributed by atoms with E-state index in [1.54, 1.807) is 30.6 Å². The topological polar surface area (TPSA) is 133 Å². The molecular weight excluding hydrogens is 867 g/mol. The Morgan fingerprint density at radius 2 is 1.56 bits per heavy atom. The van der Waals surface area contributed by atoms with E-state index in [1.165, 1.54) is 24.3 Å². The lowest BCUT2D eigenvalue weighted by Crippen LogP contribution is -2.60. The maximum atomic E-state index is 14.1. The van der Waals surface area contributed by atoms with Crippen molar-refractivity contribution in [2.45, 2.75) is 57.2 Å². The van der Waals surface area contributed by atoms with Crippen LogP contribution in [-0.2, 0) is 42.1 Å². The van der Waals surface area contributed by atoms with Crippen molar-refractivity contribution in [2.75, 3.05) is 103 Å². The number of benzene rings is 3. The quantitative estimate of drug-likeness (QED) is 0.0619. The summed E-state index contributed by atoms with van der Waals surface area (Å²) < 4.78 is 45.0. The molecule has 2 amide bonds. The first-order valence-corrected chi connectivity index (χ1v) is 23.6. The van der Waals surface area contributed by atoms with Gasteiger partial charge < -0.3 is 40.0 Å². The number of halogens is 2. The highest BCUT2D eigenvalue weighted by molar-refractivity contribution is 5.97. The van der Waals surface area contributed by atoms with Crippen molar-refractivity contribution >= 4 is 23.2 Å². The van der Waals surface area contributed by atoms with E-state index in [2.05, 4.69) is 64.6 Å². The Morgan fingerprint density at radius 3 is 2.29 bits per heavy atom. The van der Waals surface area contributed by atoms with Crippen molar-refractivity contribution in [3.8, 4) is 11.1 Å². The molecule has 13 nitrogen and oxygen atoms in total. The Bertz CT molecular complexity index is 2380. The van der Waals surface area contributed by atoms with Gasteiger partial charge in [0.25, 0.3) is 0 Å². The van der Waals surface area contributed by atoms with Crippen LogP contribution in [0.3, 0.4) is 0 Å². The minimum Gasteiger partial charge on any atom is -0.378 e. The van der Waals surface area contributed by atoms with Gasteiger partial charge in [-0.1, -0.05) is 50.2 Å². The molecule has 0 saturated carbocycles. The van der Waals surface area contributed by atoms with Gasteiger partial charge in [0, 0.05) is 81.0 Å². The number of likely N-dealkylation sites (N-methyl/N-ethyl adjacent to an activating group) is 1. The number of rotatable bonds is 24. The van der Waals surface area contributed by atoms with Crippen LogP contribution < -0.4 is 20.9 Å². The molecule has 1 fully saturated rings. The summed E-state index contributed by atoms with van der Waals surface area (Å²) in [7, 11) is 2.08. The van der Waals surface area contributed by atoms with E-state index in [0.717, 1.165) is 59.8 Å². The third kappa shape index (κ3) is 14.7. The van der Waals surface area contributed by atoms with E-state index < -0.39 is 6.04 Å². The summed E-state index contributed by atoms with van der Waals surface area (Å²) in [6.07, 6.45) is 6.28. The van der Waals surface area contributed by atoms with E-state index in [1.807, 2.05) is 53.6 Å². The number of carbonyl (C=O) groups excluding carboxylic acids is 2. The molecule has 4 heterocycles. The summed E-state index contributed by atoms with van der Waals surface area (Å²) in [5.41, 5.74) is 6.92. The summed E-state index contributed by atoms with van der Waals surface area (Å²) in [6, 6.07) is 26.1. The van der Waals surface area contributed by atoms with Gasteiger partial charge in [0.2, 0.25) is 11.8 Å². The van der Waals surface area contributed by atoms with E-state index in [4.69, 9.17) is 19.2 Å². The van der Waals surface area contributed by atoms with E-state index >= 15 is 0 Å².